The van der Waals surface area contributed by atoms with Crippen molar-refractivity contribution in [3.8, 4) is 5.75 Å². The van der Waals surface area contributed by atoms with Crippen LogP contribution in [0.3, 0.4) is 0 Å². The van der Waals surface area contributed by atoms with E-state index in [1.165, 1.54) is 13.5 Å². The maximum atomic E-state index is 13.2. The zero-order valence-electron chi connectivity index (χ0n) is 15.6. The minimum Gasteiger partial charge on any atom is -0.497 e. The van der Waals surface area contributed by atoms with E-state index >= 15 is 0 Å². The number of hydrogen-bond acceptors (Lipinski definition) is 4. The number of carbonyl (C=O) groups excluding carboxylic acids is 2. The summed E-state index contributed by atoms with van der Waals surface area (Å²) in [6.07, 6.45) is 3.31. The molecule has 2 fully saturated rings. The summed E-state index contributed by atoms with van der Waals surface area (Å²) in [5.74, 6) is 0.661. The Hall–Kier alpha value is -2.08. The Kier molecular flexibility index (Phi) is 6.14. The van der Waals surface area contributed by atoms with Crippen LogP contribution in [-0.4, -0.2) is 68.6 Å². The zero-order valence-corrected chi connectivity index (χ0v) is 15.6. The molecule has 2 amide bonds. The first-order valence-electron chi connectivity index (χ1n) is 9.33. The van der Waals surface area contributed by atoms with Crippen molar-refractivity contribution < 1.29 is 19.1 Å². The van der Waals surface area contributed by atoms with Crippen LogP contribution < -0.4 is 4.74 Å². The van der Waals surface area contributed by atoms with Crippen LogP contribution >= 0.6 is 0 Å². The molecule has 2 unspecified atom stereocenters. The van der Waals surface area contributed by atoms with Crippen molar-refractivity contribution >= 4 is 11.8 Å². The van der Waals surface area contributed by atoms with Gasteiger partial charge >= 0.3 is 0 Å². The number of rotatable bonds is 5. The summed E-state index contributed by atoms with van der Waals surface area (Å²) >= 11 is 0. The lowest BCUT2D eigenvalue weighted by Gasteiger charge is -2.31. The third kappa shape index (κ3) is 4.01. The van der Waals surface area contributed by atoms with E-state index in [0.717, 1.165) is 37.2 Å². The molecule has 26 heavy (non-hydrogen) atoms. The Balaban J connectivity index is 1.84. The highest BCUT2D eigenvalue weighted by Crippen LogP contribution is 2.36. The van der Waals surface area contributed by atoms with Crippen LogP contribution in [0.5, 0.6) is 5.75 Å². The van der Waals surface area contributed by atoms with E-state index in [4.69, 9.17) is 9.47 Å². The summed E-state index contributed by atoms with van der Waals surface area (Å²) in [4.78, 5) is 29.3. The lowest BCUT2D eigenvalue weighted by molar-refractivity contribution is -0.137. The Morgan fingerprint density at radius 1 is 1.08 bits per heavy atom. The highest BCUT2D eigenvalue weighted by molar-refractivity contribution is 5.84. The van der Waals surface area contributed by atoms with Crippen molar-refractivity contribution in [1.29, 1.82) is 0 Å². The fourth-order valence-electron chi connectivity index (χ4n) is 4.03. The van der Waals surface area contributed by atoms with Crippen LogP contribution in [-0.2, 0) is 14.3 Å². The van der Waals surface area contributed by atoms with Gasteiger partial charge in [-0.05, 0) is 37.0 Å². The lowest BCUT2D eigenvalue weighted by atomic mass is 9.87. The fraction of sp³-hybridized carbons (Fsp3) is 0.600. The molecule has 0 bridgehead atoms. The molecule has 1 aromatic carbocycles. The normalized spacial score (nSPS) is 23.2. The molecule has 0 radical (unpaired) electrons. The summed E-state index contributed by atoms with van der Waals surface area (Å²) < 4.78 is 10.3. The van der Waals surface area contributed by atoms with E-state index in [1.54, 1.807) is 12.0 Å². The van der Waals surface area contributed by atoms with Crippen LogP contribution in [0.4, 0.5) is 0 Å². The van der Waals surface area contributed by atoms with Gasteiger partial charge in [0.1, 0.15) is 12.4 Å². The van der Waals surface area contributed by atoms with Gasteiger partial charge in [0.05, 0.1) is 13.0 Å². The van der Waals surface area contributed by atoms with E-state index < -0.39 is 0 Å². The maximum absolute atomic E-state index is 13.2. The second-order valence-corrected chi connectivity index (χ2v) is 7.11. The number of methoxy groups -OCH3 is 2. The first-order chi connectivity index (χ1) is 12.6. The molecule has 0 aliphatic carbocycles. The number of hydrogen-bond donors (Lipinski definition) is 0. The molecule has 2 aliphatic rings. The number of likely N-dealkylation sites (tertiary alicyclic amines) is 2. The second kappa shape index (κ2) is 8.54. The number of amides is 2. The molecule has 2 aliphatic heterocycles. The number of carbonyl (C=O) groups is 2. The third-order valence-electron chi connectivity index (χ3n) is 5.45. The summed E-state index contributed by atoms with van der Waals surface area (Å²) in [7, 11) is 3.16. The van der Waals surface area contributed by atoms with E-state index in [-0.39, 0.29) is 30.3 Å². The number of piperidine rings is 1. The van der Waals surface area contributed by atoms with E-state index in [0.29, 0.717) is 13.1 Å². The van der Waals surface area contributed by atoms with Crippen LogP contribution in [0.2, 0.25) is 0 Å². The van der Waals surface area contributed by atoms with Crippen molar-refractivity contribution in [3.63, 3.8) is 0 Å². The van der Waals surface area contributed by atoms with Crippen molar-refractivity contribution in [3.05, 3.63) is 29.8 Å². The Bertz CT molecular complexity index is 642. The average molecular weight is 360 g/mol. The predicted octanol–water partition coefficient (Wildman–Crippen LogP) is 1.90. The fourth-order valence-corrected chi connectivity index (χ4v) is 4.03. The van der Waals surface area contributed by atoms with Crippen molar-refractivity contribution in [2.45, 2.75) is 25.2 Å². The molecular formula is C20H28N2O4. The van der Waals surface area contributed by atoms with Gasteiger partial charge in [-0.15, -0.1) is 0 Å². The minimum atomic E-state index is -0.207. The van der Waals surface area contributed by atoms with Gasteiger partial charge in [0, 0.05) is 39.2 Å². The standard InChI is InChI=1S/C20H28N2O4/c1-25-14-19(23)22-12-17(15-7-6-8-16(11-15)26-2)18(13-22)20(24)21-9-4-3-5-10-21/h6-8,11,17-18H,3-5,9-10,12-14H2,1-2H3. The summed E-state index contributed by atoms with van der Waals surface area (Å²) in [6, 6.07) is 7.84. The van der Waals surface area contributed by atoms with Gasteiger partial charge in [-0.25, -0.2) is 0 Å². The monoisotopic (exact) mass is 360 g/mol. The summed E-state index contributed by atoms with van der Waals surface area (Å²) in [6.45, 7) is 2.70. The van der Waals surface area contributed by atoms with Gasteiger partial charge in [0.15, 0.2) is 0 Å². The molecule has 142 valence electrons. The SMILES string of the molecule is COCC(=O)N1CC(C(=O)N2CCCCC2)C(c2cccc(OC)c2)C1. The second-order valence-electron chi connectivity index (χ2n) is 7.11. The summed E-state index contributed by atoms with van der Waals surface area (Å²) in [5, 5.41) is 0. The Labute approximate surface area is 155 Å². The molecule has 0 spiro atoms. The minimum absolute atomic E-state index is 0.0136. The quantitative estimate of drug-likeness (QED) is 0.805. The maximum Gasteiger partial charge on any atom is 0.248 e. The van der Waals surface area contributed by atoms with Crippen molar-refractivity contribution in [2.75, 3.05) is 47.0 Å². The summed E-state index contributed by atoms with van der Waals surface area (Å²) in [5.41, 5.74) is 1.05. The van der Waals surface area contributed by atoms with Gasteiger partial charge in [-0.1, -0.05) is 12.1 Å². The first-order valence-corrected chi connectivity index (χ1v) is 9.33. The van der Waals surface area contributed by atoms with E-state index in [2.05, 4.69) is 0 Å². The Morgan fingerprint density at radius 2 is 1.85 bits per heavy atom. The van der Waals surface area contributed by atoms with Gasteiger partial charge in [-0.2, -0.15) is 0 Å². The van der Waals surface area contributed by atoms with Crippen LogP contribution in [0.15, 0.2) is 24.3 Å². The van der Waals surface area contributed by atoms with Gasteiger partial charge < -0.3 is 19.3 Å². The van der Waals surface area contributed by atoms with Gasteiger partial charge in [0.25, 0.3) is 0 Å². The smallest absolute Gasteiger partial charge is 0.248 e. The van der Waals surface area contributed by atoms with Gasteiger partial charge in [0.2, 0.25) is 11.8 Å². The van der Waals surface area contributed by atoms with Gasteiger partial charge in [-0.3, -0.25) is 9.59 Å². The molecule has 2 saturated heterocycles. The topological polar surface area (TPSA) is 59.1 Å². The third-order valence-corrected chi connectivity index (χ3v) is 5.45. The van der Waals surface area contributed by atoms with Crippen LogP contribution in [0.1, 0.15) is 30.7 Å². The molecule has 0 aromatic heterocycles. The molecule has 0 saturated carbocycles. The molecule has 0 N–H and O–H groups in total. The molecule has 2 heterocycles. The van der Waals surface area contributed by atoms with E-state index in [1.807, 2.05) is 29.2 Å². The first kappa shape index (κ1) is 18.7. The highest BCUT2D eigenvalue weighted by Gasteiger charge is 2.42. The largest absolute Gasteiger partial charge is 0.497 e. The van der Waals surface area contributed by atoms with E-state index in [9.17, 15) is 9.59 Å². The zero-order chi connectivity index (χ0) is 18.5. The number of ether oxygens (including phenoxy) is 2. The predicted molar refractivity (Wildman–Crippen MR) is 98.1 cm³/mol. The van der Waals surface area contributed by atoms with Crippen LogP contribution in [0.25, 0.3) is 0 Å². The van der Waals surface area contributed by atoms with Crippen molar-refractivity contribution in [1.82, 2.24) is 9.80 Å². The molecular weight excluding hydrogens is 332 g/mol. The lowest BCUT2D eigenvalue weighted by Crippen LogP contribution is -2.42. The molecule has 6 nitrogen and oxygen atoms in total. The van der Waals surface area contributed by atoms with Crippen molar-refractivity contribution in [2.24, 2.45) is 5.92 Å². The number of nitrogens with zero attached hydrogens (tertiary/aromatic N) is 2. The number of benzene rings is 1. The highest BCUT2D eigenvalue weighted by atomic mass is 16.5. The van der Waals surface area contributed by atoms with Crippen LogP contribution in [0, 0.1) is 5.92 Å². The average Bonchev–Trinajstić information content (AvgIpc) is 3.14. The molecule has 3 rings (SSSR count). The Morgan fingerprint density at radius 3 is 2.54 bits per heavy atom. The molecule has 1 aromatic rings. The molecule has 6 heteroatoms. The molecule has 2 atom stereocenters.